The number of aromatic nitrogens is 8. The molecule has 5 aliphatic rings. The van der Waals surface area contributed by atoms with Crippen LogP contribution < -0.4 is 9.47 Å². The summed E-state index contributed by atoms with van der Waals surface area (Å²) in [6.45, 7) is 28.9. The minimum atomic E-state index is -0.143. The van der Waals surface area contributed by atoms with Crippen LogP contribution in [-0.4, -0.2) is 53.1 Å². The molecule has 0 saturated carbocycles. The maximum atomic E-state index is 6.63. The number of benzene rings is 4. The molecule has 0 unspecified atom stereocenters. The van der Waals surface area contributed by atoms with Crippen molar-refractivity contribution in [3.05, 3.63) is 213 Å². The Bertz CT molecular complexity index is 5190. The Balaban J connectivity index is 1.11. The lowest BCUT2D eigenvalue weighted by atomic mass is 9.78. The Morgan fingerprint density at radius 1 is 0.270 bits per heavy atom. The molecule has 6 aromatic heterocycles. The van der Waals surface area contributed by atoms with Gasteiger partial charge in [-0.2, -0.15) is 0 Å². The number of ether oxygens (including phenoxy) is 2. The molecule has 0 atom stereocenters. The number of nitrogens with zero attached hydrogens (tertiary/aromatic N) is 4. The van der Waals surface area contributed by atoms with Crippen LogP contribution in [0.1, 0.15) is 202 Å². The van der Waals surface area contributed by atoms with Crippen LogP contribution in [-0.2, 0) is 21.7 Å². The Labute approximate surface area is 588 Å². The Morgan fingerprint density at radius 3 is 0.940 bits per heavy atom. The van der Waals surface area contributed by atoms with E-state index in [1.165, 1.54) is 47.9 Å². The minimum absolute atomic E-state index is 0.143. The number of hydrogen-bond acceptors (Lipinski definition) is 6. The third-order valence-corrected chi connectivity index (χ3v) is 20.1. The van der Waals surface area contributed by atoms with E-state index < -0.39 is 0 Å². The zero-order chi connectivity index (χ0) is 69.2. The first kappa shape index (κ1) is 65.6. The molecule has 10 nitrogen and oxygen atoms in total. The van der Waals surface area contributed by atoms with E-state index in [1.807, 2.05) is 0 Å². The van der Waals surface area contributed by atoms with Crippen molar-refractivity contribution in [1.29, 1.82) is 0 Å². The molecular formula is C90H92N8O2. The van der Waals surface area contributed by atoms with Crippen LogP contribution in [0.5, 0.6) is 11.5 Å². The predicted molar refractivity (Wildman–Crippen MR) is 421 cm³/mol. The van der Waals surface area contributed by atoms with Crippen LogP contribution in [0.4, 0.5) is 0 Å². The summed E-state index contributed by atoms with van der Waals surface area (Å²) < 4.78 is 13.3. The number of fused-ring (bicyclic) bond motifs is 23. The van der Waals surface area contributed by atoms with Gasteiger partial charge in [-0.1, -0.05) is 182 Å². The predicted octanol–water partition coefficient (Wildman–Crippen LogP) is 24.0. The molecule has 0 aliphatic carbocycles. The van der Waals surface area contributed by atoms with E-state index >= 15 is 0 Å². The van der Waals surface area contributed by atoms with Gasteiger partial charge in [0, 0.05) is 77.5 Å². The summed E-state index contributed by atoms with van der Waals surface area (Å²) in [4.78, 5) is 38.9. The van der Waals surface area contributed by atoms with Crippen molar-refractivity contribution in [2.24, 2.45) is 0 Å². The summed E-state index contributed by atoms with van der Waals surface area (Å²) in [6, 6.07) is 53.2. The van der Waals surface area contributed by atoms with Gasteiger partial charge in [-0.25, -0.2) is 19.9 Å². The molecule has 15 rings (SSSR count). The molecule has 504 valence electrons. The van der Waals surface area contributed by atoms with E-state index in [0.29, 0.717) is 13.2 Å². The number of H-pyrrole nitrogens is 4. The molecular weight excluding hydrogens is 1230 g/mol. The molecule has 0 saturated heterocycles. The fraction of sp³-hybridized carbons (Fsp3) is 0.289. The number of hydrogen-bond donors (Lipinski definition) is 4. The first-order valence-electron chi connectivity index (χ1n) is 36.1. The van der Waals surface area contributed by atoms with Crippen molar-refractivity contribution < 1.29 is 9.47 Å². The Morgan fingerprint density at radius 2 is 0.570 bits per heavy atom. The zero-order valence-electron chi connectivity index (χ0n) is 60.2. The second-order valence-corrected chi connectivity index (χ2v) is 31.9. The van der Waals surface area contributed by atoms with E-state index in [-0.39, 0.29) is 21.7 Å². The van der Waals surface area contributed by atoms with Gasteiger partial charge in [-0.15, -0.1) is 0 Å². The SMILES string of the molecule is CC(C)(C)c1cc(-c2c3nc(c4c5ccc([nH]5)c(c5nc(cc6ccc2[nH]6)C=C5)-c2cccc(c2)OCCCCCCCCCCOc2cccc(c2)-c2c5nc(c-4c4ccc([nH]4)c(-c4cc(C(C)(C)C)cc(C(C)(C)C)c4)c4nc(cc6ccc2[nH]6)C=C4)C=C5)C=C3)cc(C(C)(C)C)c1. The molecule has 4 N–H and O–H groups in total. The highest BCUT2D eigenvalue weighted by molar-refractivity contribution is 6.05. The molecule has 10 aromatic rings. The maximum absolute atomic E-state index is 6.63. The number of aromatic amines is 4. The van der Waals surface area contributed by atoms with E-state index in [9.17, 15) is 0 Å². The summed E-state index contributed by atoms with van der Waals surface area (Å²) in [6.07, 6.45) is 26.4. The van der Waals surface area contributed by atoms with Gasteiger partial charge in [0.05, 0.1) is 58.8 Å². The third-order valence-electron chi connectivity index (χ3n) is 20.1. The molecule has 0 radical (unpaired) electrons. The van der Waals surface area contributed by atoms with Crippen LogP contribution in [0, 0.1) is 0 Å². The van der Waals surface area contributed by atoms with Gasteiger partial charge in [-0.3, -0.25) is 0 Å². The summed E-state index contributed by atoms with van der Waals surface area (Å²) in [5.41, 5.74) is 28.0. The van der Waals surface area contributed by atoms with Gasteiger partial charge < -0.3 is 29.4 Å². The smallest absolute Gasteiger partial charge is 0.119 e. The summed E-state index contributed by atoms with van der Waals surface area (Å²) in [5.74, 6) is 1.66. The molecule has 5 aliphatic heterocycles. The Hall–Kier alpha value is -10.3. The van der Waals surface area contributed by atoms with E-state index in [4.69, 9.17) is 29.4 Å². The van der Waals surface area contributed by atoms with E-state index in [0.717, 1.165) is 183 Å². The lowest BCUT2D eigenvalue weighted by molar-refractivity contribution is 0.301. The molecule has 100 heavy (non-hydrogen) atoms. The van der Waals surface area contributed by atoms with Gasteiger partial charge in [0.15, 0.2) is 0 Å². The molecule has 24 bridgehead atoms. The molecule has 0 fully saturated rings. The van der Waals surface area contributed by atoms with Crippen LogP contribution in [0.2, 0.25) is 0 Å². The topological polar surface area (TPSA) is 133 Å². The first-order chi connectivity index (χ1) is 48.0. The van der Waals surface area contributed by atoms with Crippen molar-refractivity contribution in [3.63, 3.8) is 0 Å². The van der Waals surface area contributed by atoms with Gasteiger partial charge in [0.2, 0.25) is 0 Å². The molecule has 0 spiro atoms. The van der Waals surface area contributed by atoms with Crippen LogP contribution >= 0.6 is 0 Å². The Kier molecular flexibility index (Phi) is 17.1. The highest BCUT2D eigenvalue weighted by Crippen LogP contribution is 2.45. The average molecular weight is 1320 g/mol. The van der Waals surface area contributed by atoms with Crippen molar-refractivity contribution in [1.82, 2.24) is 39.9 Å². The number of rotatable bonds is 2. The fourth-order valence-electron chi connectivity index (χ4n) is 14.4. The summed E-state index contributed by atoms with van der Waals surface area (Å²) in [7, 11) is 0. The first-order valence-corrected chi connectivity index (χ1v) is 36.1. The van der Waals surface area contributed by atoms with Crippen LogP contribution in [0.25, 0.3) is 148 Å². The van der Waals surface area contributed by atoms with Gasteiger partial charge >= 0.3 is 0 Å². The monoisotopic (exact) mass is 1320 g/mol. The van der Waals surface area contributed by atoms with Gasteiger partial charge in [0.1, 0.15) is 11.5 Å². The highest BCUT2D eigenvalue weighted by atomic mass is 16.5. The van der Waals surface area contributed by atoms with Crippen molar-refractivity contribution in [3.8, 4) is 67.1 Å². The molecule has 0 amide bonds. The zero-order valence-corrected chi connectivity index (χ0v) is 60.2. The molecule has 11 heterocycles. The van der Waals surface area contributed by atoms with Crippen LogP contribution in [0.3, 0.4) is 0 Å². The second kappa shape index (κ2) is 26.1. The standard InChI is InChI=1S/C90H92N8O2/c1-87(2,3)59-45-57(46-60(51-59)88(4,5)6)83-71-33-29-65(93-71)53-63-27-31-69(91-63)81-55-23-21-25-67(49-55)99-43-19-17-15-13-14-16-18-20-44-100-68-26-22-24-56(50-68)82-70-32-28-64(92-70)54-66-30-34-72(94-66)84(58-47-61(89(7,8)9)52-62(48-58)90(10,11)12)76-38-42-80(98-76)86(78-40-36-74(82)96-78)85(77-39-35-73(81)95-77)79-41-37-75(83)97-79/h21-42,45-54,91,94,96-97H,13-20,43-44H2,1-12H3. The van der Waals surface area contributed by atoms with Crippen LogP contribution in [0.15, 0.2) is 146 Å². The third kappa shape index (κ3) is 13.5. The largest absolute Gasteiger partial charge is 0.494 e. The van der Waals surface area contributed by atoms with Gasteiger partial charge in [0.25, 0.3) is 0 Å². The van der Waals surface area contributed by atoms with E-state index in [1.54, 1.807) is 0 Å². The highest BCUT2D eigenvalue weighted by Gasteiger charge is 2.28. The van der Waals surface area contributed by atoms with Crippen molar-refractivity contribution in [2.45, 2.75) is 156 Å². The lowest BCUT2D eigenvalue weighted by Gasteiger charge is -2.26. The average Bonchev–Trinajstić information content (AvgIpc) is 1.56. The normalized spacial score (nSPS) is 14.6. The fourth-order valence-corrected chi connectivity index (χ4v) is 14.4. The van der Waals surface area contributed by atoms with Gasteiger partial charge in [-0.05, 0) is 213 Å². The number of nitrogens with one attached hydrogen (secondary N) is 4. The van der Waals surface area contributed by atoms with Crippen molar-refractivity contribution in [2.75, 3.05) is 13.2 Å². The minimum Gasteiger partial charge on any atom is -0.494 e. The van der Waals surface area contributed by atoms with Crippen molar-refractivity contribution >= 4 is 92.7 Å². The quantitative estimate of drug-likeness (QED) is 0.136. The molecule has 4 aromatic carbocycles. The maximum Gasteiger partial charge on any atom is 0.119 e. The van der Waals surface area contributed by atoms with E-state index in [2.05, 4.69) is 297 Å². The lowest BCUT2D eigenvalue weighted by Crippen LogP contribution is -2.16. The summed E-state index contributed by atoms with van der Waals surface area (Å²) in [5, 5.41) is 0. The second-order valence-electron chi connectivity index (χ2n) is 31.9. The molecule has 10 heteroatoms. The summed E-state index contributed by atoms with van der Waals surface area (Å²) >= 11 is 0.